The SMILES string of the molecule is COc1ccc(CCNC(=O)COC(=O)[C@H](C)Oc2cccc(C)c2)cc1. The van der Waals surface area contributed by atoms with Crippen LogP contribution in [0.3, 0.4) is 0 Å². The summed E-state index contributed by atoms with van der Waals surface area (Å²) in [5.41, 5.74) is 2.11. The molecule has 0 aliphatic carbocycles. The molecule has 0 radical (unpaired) electrons. The number of aryl methyl sites for hydroxylation is 1. The van der Waals surface area contributed by atoms with Crippen LogP contribution in [-0.2, 0) is 20.7 Å². The zero-order chi connectivity index (χ0) is 19.6. The van der Waals surface area contributed by atoms with E-state index in [1.54, 1.807) is 20.1 Å². The molecule has 6 heteroatoms. The van der Waals surface area contributed by atoms with Crippen LogP contribution >= 0.6 is 0 Å². The van der Waals surface area contributed by atoms with E-state index in [0.29, 0.717) is 18.7 Å². The fraction of sp³-hybridized carbons (Fsp3) is 0.333. The normalized spacial score (nSPS) is 11.4. The van der Waals surface area contributed by atoms with Crippen molar-refractivity contribution in [3.8, 4) is 11.5 Å². The highest BCUT2D eigenvalue weighted by atomic mass is 16.6. The van der Waals surface area contributed by atoms with Crippen molar-refractivity contribution >= 4 is 11.9 Å². The molecule has 1 amide bonds. The van der Waals surface area contributed by atoms with Crippen molar-refractivity contribution in [1.82, 2.24) is 5.32 Å². The van der Waals surface area contributed by atoms with Gasteiger partial charge < -0.3 is 19.5 Å². The molecule has 0 heterocycles. The Kier molecular flexibility index (Phi) is 7.67. The number of hydrogen-bond donors (Lipinski definition) is 1. The van der Waals surface area contributed by atoms with Crippen LogP contribution in [0.2, 0.25) is 0 Å². The number of ether oxygens (including phenoxy) is 3. The van der Waals surface area contributed by atoms with Crippen molar-refractivity contribution in [2.75, 3.05) is 20.3 Å². The quantitative estimate of drug-likeness (QED) is 0.686. The maximum absolute atomic E-state index is 12.0. The Morgan fingerprint density at radius 2 is 1.81 bits per heavy atom. The highest BCUT2D eigenvalue weighted by Crippen LogP contribution is 2.14. The van der Waals surface area contributed by atoms with E-state index in [4.69, 9.17) is 14.2 Å². The minimum atomic E-state index is -0.793. The summed E-state index contributed by atoms with van der Waals surface area (Å²) in [5, 5.41) is 2.72. The molecule has 0 saturated carbocycles. The first-order valence-electron chi connectivity index (χ1n) is 8.77. The summed E-state index contributed by atoms with van der Waals surface area (Å²) in [4.78, 5) is 23.8. The fourth-order valence-electron chi connectivity index (χ4n) is 2.38. The molecular formula is C21H25NO5. The van der Waals surface area contributed by atoms with E-state index < -0.39 is 12.1 Å². The molecule has 1 atom stereocenters. The van der Waals surface area contributed by atoms with Gasteiger partial charge in [-0.3, -0.25) is 4.79 Å². The van der Waals surface area contributed by atoms with Gasteiger partial charge in [-0.2, -0.15) is 0 Å². The van der Waals surface area contributed by atoms with Crippen LogP contribution in [0.4, 0.5) is 0 Å². The van der Waals surface area contributed by atoms with Crippen LogP contribution in [-0.4, -0.2) is 38.2 Å². The lowest BCUT2D eigenvalue weighted by atomic mass is 10.1. The molecule has 2 aromatic rings. The zero-order valence-electron chi connectivity index (χ0n) is 15.9. The zero-order valence-corrected chi connectivity index (χ0v) is 15.9. The maximum atomic E-state index is 12.0. The average Bonchev–Trinajstić information content (AvgIpc) is 2.66. The Balaban J connectivity index is 1.67. The standard InChI is InChI=1S/C21H25NO5/c1-15-5-4-6-19(13-15)27-16(2)21(24)26-14-20(23)22-12-11-17-7-9-18(25-3)10-8-17/h4-10,13,16H,11-12,14H2,1-3H3,(H,22,23)/t16-/m0/s1. The van der Waals surface area contributed by atoms with Gasteiger partial charge in [0.25, 0.3) is 5.91 Å². The van der Waals surface area contributed by atoms with Gasteiger partial charge in [-0.15, -0.1) is 0 Å². The first kappa shape index (κ1) is 20.3. The molecule has 0 unspecified atom stereocenters. The second kappa shape index (κ2) is 10.2. The minimum absolute atomic E-state index is 0.330. The average molecular weight is 371 g/mol. The van der Waals surface area contributed by atoms with Gasteiger partial charge in [0.1, 0.15) is 11.5 Å². The Morgan fingerprint density at radius 1 is 1.07 bits per heavy atom. The first-order chi connectivity index (χ1) is 13.0. The molecule has 0 saturated heterocycles. The van der Waals surface area contributed by atoms with Gasteiger partial charge >= 0.3 is 5.97 Å². The summed E-state index contributed by atoms with van der Waals surface area (Å²) in [7, 11) is 1.61. The summed E-state index contributed by atoms with van der Waals surface area (Å²) < 4.78 is 15.6. The Hall–Kier alpha value is -3.02. The van der Waals surface area contributed by atoms with E-state index in [9.17, 15) is 9.59 Å². The number of hydrogen-bond acceptors (Lipinski definition) is 5. The van der Waals surface area contributed by atoms with Crippen LogP contribution in [0, 0.1) is 6.92 Å². The van der Waals surface area contributed by atoms with Crippen LogP contribution < -0.4 is 14.8 Å². The molecule has 1 N–H and O–H groups in total. The van der Waals surface area contributed by atoms with Gasteiger partial charge in [-0.25, -0.2) is 4.79 Å². The van der Waals surface area contributed by atoms with E-state index in [1.165, 1.54) is 0 Å². The van der Waals surface area contributed by atoms with Gasteiger partial charge in [0.2, 0.25) is 0 Å². The third kappa shape index (κ3) is 7.01. The van der Waals surface area contributed by atoms with Crippen LogP contribution in [0.15, 0.2) is 48.5 Å². The predicted molar refractivity (Wildman–Crippen MR) is 102 cm³/mol. The van der Waals surface area contributed by atoms with Crippen molar-refractivity contribution < 1.29 is 23.8 Å². The molecule has 144 valence electrons. The lowest BCUT2D eigenvalue weighted by Crippen LogP contribution is -2.33. The fourth-order valence-corrected chi connectivity index (χ4v) is 2.38. The summed E-state index contributed by atoms with van der Waals surface area (Å²) >= 11 is 0. The number of amides is 1. The number of benzene rings is 2. The largest absolute Gasteiger partial charge is 0.497 e. The Labute approximate surface area is 159 Å². The second-order valence-corrected chi connectivity index (χ2v) is 6.13. The number of methoxy groups -OCH3 is 1. The topological polar surface area (TPSA) is 73.9 Å². The van der Waals surface area contributed by atoms with Crippen LogP contribution in [0.1, 0.15) is 18.1 Å². The minimum Gasteiger partial charge on any atom is -0.497 e. The van der Waals surface area contributed by atoms with Gasteiger partial charge in [0, 0.05) is 6.54 Å². The van der Waals surface area contributed by atoms with Crippen molar-refractivity contribution in [3.05, 3.63) is 59.7 Å². The van der Waals surface area contributed by atoms with E-state index in [1.807, 2.05) is 49.4 Å². The van der Waals surface area contributed by atoms with Crippen molar-refractivity contribution in [3.63, 3.8) is 0 Å². The number of carbonyl (C=O) groups excluding carboxylic acids is 2. The molecular weight excluding hydrogens is 346 g/mol. The lowest BCUT2D eigenvalue weighted by molar-refractivity contribution is -0.154. The molecule has 0 aliphatic heterocycles. The molecule has 0 aliphatic rings. The molecule has 0 aromatic heterocycles. The van der Waals surface area contributed by atoms with E-state index in [2.05, 4.69) is 5.32 Å². The first-order valence-corrected chi connectivity index (χ1v) is 8.77. The molecule has 0 fully saturated rings. The van der Waals surface area contributed by atoms with Crippen molar-refractivity contribution in [1.29, 1.82) is 0 Å². The molecule has 27 heavy (non-hydrogen) atoms. The van der Waals surface area contributed by atoms with Crippen molar-refractivity contribution in [2.24, 2.45) is 0 Å². The number of nitrogens with one attached hydrogen (secondary N) is 1. The Bertz CT molecular complexity index is 757. The molecule has 0 spiro atoms. The molecule has 2 rings (SSSR count). The second-order valence-electron chi connectivity index (χ2n) is 6.13. The number of rotatable bonds is 9. The smallest absolute Gasteiger partial charge is 0.347 e. The molecule has 6 nitrogen and oxygen atoms in total. The molecule has 0 bridgehead atoms. The van der Waals surface area contributed by atoms with Gasteiger partial charge in [-0.05, 0) is 55.7 Å². The predicted octanol–water partition coefficient (Wildman–Crippen LogP) is 2.67. The van der Waals surface area contributed by atoms with E-state index in [-0.39, 0.29) is 12.5 Å². The third-order valence-electron chi connectivity index (χ3n) is 3.87. The van der Waals surface area contributed by atoms with Gasteiger partial charge in [0.15, 0.2) is 12.7 Å². The monoisotopic (exact) mass is 371 g/mol. The highest BCUT2D eigenvalue weighted by Gasteiger charge is 2.17. The summed E-state index contributed by atoms with van der Waals surface area (Å²) in [6.45, 7) is 3.65. The van der Waals surface area contributed by atoms with Crippen molar-refractivity contribution in [2.45, 2.75) is 26.4 Å². The van der Waals surface area contributed by atoms with E-state index >= 15 is 0 Å². The third-order valence-corrected chi connectivity index (χ3v) is 3.87. The number of carbonyl (C=O) groups is 2. The highest BCUT2D eigenvalue weighted by molar-refractivity contribution is 5.81. The summed E-state index contributed by atoms with van der Waals surface area (Å²) in [6.07, 6.45) is -0.116. The number of esters is 1. The molecule has 2 aromatic carbocycles. The maximum Gasteiger partial charge on any atom is 0.347 e. The van der Waals surface area contributed by atoms with Crippen LogP contribution in [0.25, 0.3) is 0 Å². The lowest BCUT2D eigenvalue weighted by Gasteiger charge is -2.14. The summed E-state index contributed by atoms with van der Waals surface area (Å²) in [5.74, 6) is 0.446. The van der Waals surface area contributed by atoms with E-state index in [0.717, 1.165) is 16.9 Å². The van der Waals surface area contributed by atoms with Gasteiger partial charge in [-0.1, -0.05) is 24.3 Å². The van der Waals surface area contributed by atoms with Gasteiger partial charge in [0.05, 0.1) is 7.11 Å². The van der Waals surface area contributed by atoms with Crippen LogP contribution in [0.5, 0.6) is 11.5 Å². The Morgan fingerprint density at radius 3 is 2.48 bits per heavy atom. The summed E-state index contributed by atoms with van der Waals surface area (Å²) in [6, 6.07) is 15.0.